The van der Waals surface area contributed by atoms with Crippen LogP contribution in [0.15, 0.2) is 53.3 Å². The van der Waals surface area contributed by atoms with Crippen LogP contribution < -0.4 is 16.2 Å². The van der Waals surface area contributed by atoms with Gasteiger partial charge < -0.3 is 10.6 Å². The summed E-state index contributed by atoms with van der Waals surface area (Å²) in [5.74, 6) is 1.34. The van der Waals surface area contributed by atoms with E-state index in [1.807, 2.05) is 62.4 Å². The number of para-hydroxylation sites is 1. The molecule has 2 heterocycles. The van der Waals surface area contributed by atoms with Crippen molar-refractivity contribution in [1.82, 2.24) is 19.5 Å². The summed E-state index contributed by atoms with van der Waals surface area (Å²) in [4.78, 5) is 39.2. The predicted octanol–water partition coefficient (Wildman–Crippen LogP) is 4.21. The lowest BCUT2D eigenvalue weighted by Crippen LogP contribution is -2.29. The molecule has 1 atom stereocenters. The minimum absolute atomic E-state index is 0.134. The fraction of sp³-hybridized carbons (Fsp3) is 0.240. The zero-order valence-electron chi connectivity index (χ0n) is 19.1. The molecule has 33 heavy (non-hydrogen) atoms. The molecule has 1 unspecified atom stereocenters. The van der Waals surface area contributed by atoms with Crippen LogP contribution >= 0.6 is 0 Å². The number of hydrogen-bond donors (Lipinski definition) is 2. The van der Waals surface area contributed by atoms with Gasteiger partial charge in [0.15, 0.2) is 6.29 Å². The Bertz CT molecular complexity index is 1380. The Morgan fingerprint density at radius 1 is 1.03 bits per heavy atom. The molecule has 8 heteroatoms. The maximum atomic E-state index is 13.7. The molecule has 0 aliphatic rings. The molecule has 0 radical (unpaired) electrons. The van der Waals surface area contributed by atoms with Crippen molar-refractivity contribution in [1.29, 1.82) is 0 Å². The van der Waals surface area contributed by atoms with Gasteiger partial charge in [0.25, 0.3) is 5.56 Å². The maximum absolute atomic E-state index is 13.7. The molecule has 168 valence electrons. The second-order valence-corrected chi connectivity index (χ2v) is 7.78. The molecule has 0 aliphatic carbocycles. The Hall–Kier alpha value is -4.07. The Balaban J connectivity index is 1.96. The van der Waals surface area contributed by atoms with Crippen molar-refractivity contribution < 1.29 is 4.79 Å². The summed E-state index contributed by atoms with van der Waals surface area (Å²) in [6.45, 7) is 5.66. The van der Waals surface area contributed by atoms with Gasteiger partial charge in [-0.2, -0.15) is 4.98 Å². The number of anilines is 2. The standard InChI is InChI=1S/C25H26N6O2/c1-5-19(28-22-18(14-32)16(3)27-25(26-4)30-22)23-29-20-13-9-10-15(2)21(20)24(33)31(23)17-11-7-6-8-12-17/h6-14,19H,5H2,1-4H3,(H2,26,27,28,30). The van der Waals surface area contributed by atoms with Crippen LogP contribution in [0.4, 0.5) is 11.8 Å². The molecule has 8 nitrogen and oxygen atoms in total. The van der Waals surface area contributed by atoms with Gasteiger partial charge in [0.05, 0.1) is 33.9 Å². The van der Waals surface area contributed by atoms with E-state index >= 15 is 0 Å². The van der Waals surface area contributed by atoms with Gasteiger partial charge in [0.2, 0.25) is 5.95 Å². The van der Waals surface area contributed by atoms with Crippen LogP contribution in [0.1, 0.15) is 46.8 Å². The lowest BCUT2D eigenvalue weighted by atomic mass is 10.1. The smallest absolute Gasteiger partial charge is 0.266 e. The molecule has 2 aromatic carbocycles. The number of carbonyl (C=O) groups is 1. The molecule has 0 fully saturated rings. The highest BCUT2D eigenvalue weighted by Crippen LogP contribution is 2.27. The van der Waals surface area contributed by atoms with E-state index in [4.69, 9.17) is 4.98 Å². The molecule has 4 rings (SSSR count). The number of aldehydes is 1. The van der Waals surface area contributed by atoms with Crippen molar-refractivity contribution in [3.63, 3.8) is 0 Å². The normalized spacial score (nSPS) is 11.9. The quantitative estimate of drug-likeness (QED) is 0.413. The van der Waals surface area contributed by atoms with Crippen LogP contribution in [0.5, 0.6) is 0 Å². The van der Waals surface area contributed by atoms with E-state index in [2.05, 4.69) is 20.6 Å². The Labute approximate surface area is 191 Å². The molecule has 0 bridgehead atoms. The maximum Gasteiger partial charge on any atom is 0.266 e. The number of rotatable bonds is 7. The first kappa shape index (κ1) is 22.1. The van der Waals surface area contributed by atoms with E-state index in [1.54, 1.807) is 18.5 Å². The number of aromatic nitrogens is 4. The summed E-state index contributed by atoms with van der Waals surface area (Å²) < 4.78 is 1.64. The summed E-state index contributed by atoms with van der Waals surface area (Å²) in [5, 5.41) is 6.86. The average molecular weight is 443 g/mol. The molecule has 0 amide bonds. The summed E-state index contributed by atoms with van der Waals surface area (Å²) in [5.41, 5.74) is 3.02. The molecule has 0 saturated heterocycles. The van der Waals surface area contributed by atoms with Gasteiger partial charge in [-0.25, -0.2) is 9.97 Å². The third-order valence-corrected chi connectivity index (χ3v) is 5.65. The second-order valence-electron chi connectivity index (χ2n) is 7.78. The summed E-state index contributed by atoms with van der Waals surface area (Å²) in [6.07, 6.45) is 1.35. The summed E-state index contributed by atoms with van der Waals surface area (Å²) in [7, 11) is 1.72. The van der Waals surface area contributed by atoms with Crippen LogP contribution in [0.2, 0.25) is 0 Å². The van der Waals surface area contributed by atoms with E-state index in [0.29, 0.717) is 46.2 Å². The highest BCUT2D eigenvalue weighted by atomic mass is 16.1. The zero-order chi connectivity index (χ0) is 23.5. The SMILES string of the molecule is CCC(Nc1nc(NC)nc(C)c1C=O)c1nc2cccc(C)c2c(=O)n1-c1ccccc1. The highest BCUT2D eigenvalue weighted by molar-refractivity contribution is 5.85. The van der Waals surface area contributed by atoms with Crippen LogP contribution in [-0.2, 0) is 0 Å². The van der Waals surface area contributed by atoms with Gasteiger partial charge in [-0.3, -0.25) is 14.2 Å². The van der Waals surface area contributed by atoms with Crippen LogP contribution in [0, 0.1) is 13.8 Å². The number of hydrogen-bond acceptors (Lipinski definition) is 7. The molecule has 2 aromatic heterocycles. The second kappa shape index (κ2) is 9.20. The molecule has 0 saturated carbocycles. The fourth-order valence-corrected chi connectivity index (χ4v) is 3.93. The first-order valence-corrected chi connectivity index (χ1v) is 10.8. The molecule has 0 aliphatic heterocycles. The topological polar surface area (TPSA) is 102 Å². The van der Waals surface area contributed by atoms with Crippen LogP contribution in [0.3, 0.4) is 0 Å². The number of nitrogens with one attached hydrogen (secondary N) is 2. The van der Waals surface area contributed by atoms with Crippen molar-refractivity contribution in [2.45, 2.75) is 33.2 Å². The van der Waals surface area contributed by atoms with E-state index in [9.17, 15) is 9.59 Å². The van der Waals surface area contributed by atoms with E-state index in [1.165, 1.54) is 0 Å². The van der Waals surface area contributed by atoms with Crippen molar-refractivity contribution in [3.05, 3.63) is 81.5 Å². The monoisotopic (exact) mass is 442 g/mol. The first-order chi connectivity index (χ1) is 16.0. The molecule has 4 aromatic rings. The number of benzene rings is 2. The van der Waals surface area contributed by atoms with E-state index < -0.39 is 0 Å². The number of nitrogens with zero attached hydrogens (tertiary/aromatic N) is 4. The first-order valence-electron chi connectivity index (χ1n) is 10.8. The minimum atomic E-state index is -0.388. The van der Waals surface area contributed by atoms with Gasteiger partial charge >= 0.3 is 0 Å². The van der Waals surface area contributed by atoms with Gasteiger partial charge in [0.1, 0.15) is 11.6 Å². The van der Waals surface area contributed by atoms with Crippen LogP contribution in [0.25, 0.3) is 16.6 Å². The molecule has 0 spiro atoms. The van der Waals surface area contributed by atoms with Crippen molar-refractivity contribution >= 4 is 29.0 Å². The average Bonchev–Trinajstić information content (AvgIpc) is 2.82. The molecule has 2 N–H and O–H groups in total. The summed E-state index contributed by atoms with van der Waals surface area (Å²) in [6, 6.07) is 14.7. The van der Waals surface area contributed by atoms with Crippen molar-refractivity contribution in [2.75, 3.05) is 17.7 Å². The van der Waals surface area contributed by atoms with E-state index in [0.717, 1.165) is 17.5 Å². The number of aryl methyl sites for hydroxylation is 2. The van der Waals surface area contributed by atoms with Gasteiger partial charge in [-0.15, -0.1) is 0 Å². The number of fused-ring (bicyclic) bond motifs is 1. The van der Waals surface area contributed by atoms with E-state index in [-0.39, 0.29) is 11.6 Å². The Morgan fingerprint density at radius 3 is 2.45 bits per heavy atom. The Morgan fingerprint density at radius 2 is 1.79 bits per heavy atom. The van der Waals surface area contributed by atoms with Gasteiger partial charge in [-0.1, -0.05) is 37.3 Å². The third kappa shape index (κ3) is 4.07. The number of carbonyl (C=O) groups excluding carboxylic acids is 1. The molecular formula is C25H26N6O2. The highest BCUT2D eigenvalue weighted by Gasteiger charge is 2.23. The predicted molar refractivity (Wildman–Crippen MR) is 130 cm³/mol. The lowest BCUT2D eigenvalue weighted by Gasteiger charge is -2.23. The Kier molecular flexibility index (Phi) is 6.17. The third-order valence-electron chi connectivity index (χ3n) is 5.65. The van der Waals surface area contributed by atoms with Crippen LogP contribution in [-0.4, -0.2) is 32.9 Å². The zero-order valence-corrected chi connectivity index (χ0v) is 19.1. The molecular weight excluding hydrogens is 416 g/mol. The van der Waals surface area contributed by atoms with Gasteiger partial charge in [0, 0.05) is 7.05 Å². The van der Waals surface area contributed by atoms with Crippen molar-refractivity contribution in [2.24, 2.45) is 0 Å². The summed E-state index contributed by atoms with van der Waals surface area (Å²) >= 11 is 0. The fourth-order valence-electron chi connectivity index (χ4n) is 3.93. The lowest BCUT2D eigenvalue weighted by molar-refractivity contribution is 0.112. The van der Waals surface area contributed by atoms with Crippen molar-refractivity contribution in [3.8, 4) is 5.69 Å². The van der Waals surface area contributed by atoms with Gasteiger partial charge in [-0.05, 0) is 44.0 Å². The largest absolute Gasteiger partial charge is 0.359 e. The minimum Gasteiger partial charge on any atom is -0.359 e.